The maximum atomic E-state index is 6.01. The van der Waals surface area contributed by atoms with Gasteiger partial charge in [-0.05, 0) is 51.9 Å². The molecule has 0 spiro atoms. The Labute approximate surface area is 119 Å². The third kappa shape index (κ3) is 3.25. The van der Waals surface area contributed by atoms with Crippen LogP contribution in [0.2, 0.25) is 5.15 Å². The summed E-state index contributed by atoms with van der Waals surface area (Å²) in [6.45, 7) is 7.61. The summed E-state index contributed by atoms with van der Waals surface area (Å²) < 4.78 is 0. The highest BCUT2D eigenvalue weighted by molar-refractivity contribution is 6.29. The fourth-order valence-corrected chi connectivity index (χ4v) is 3.54. The molecule has 1 unspecified atom stereocenters. The Kier molecular flexibility index (Phi) is 4.01. The summed E-state index contributed by atoms with van der Waals surface area (Å²) in [5.41, 5.74) is 0.951. The Morgan fingerprint density at radius 3 is 2.95 bits per heavy atom. The molecule has 1 aromatic heterocycles. The van der Waals surface area contributed by atoms with Crippen LogP contribution in [0.3, 0.4) is 0 Å². The molecule has 3 rings (SSSR count). The van der Waals surface area contributed by atoms with Gasteiger partial charge in [-0.2, -0.15) is 0 Å². The van der Waals surface area contributed by atoms with E-state index in [-0.39, 0.29) is 0 Å². The van der Waals surface area contributed by atoms with Gasteiger partial charge >= 0.3 is 0 Å². The van der Waals surface area contributed by atoms with E-state index < -0.39 is 0 Å². The molecule has 0 aliphatic carbocycles. The first-order valence-corrected chi connectivity index (χ1v) is 7.55. The summed E-state index contributed by atoms with van der Waals surface area (Å²) in [7, 11) is 0. The van der Waals surface area contributed by atoms with Gasteiger partial charge in [-0.1, -0.05) is 11.6 Å². The molecule has 0 saturated carbocycles. The molecule has 5 heteroatoms. The minimum Gasteiger partial charge on any atom is -0.299 e. The summed E-state index contributed by atoms with van der Waals surface area (Å²) in [4.78, 5) is 14.0. The molecular formula is C14H21ClN4. The lowest BCUT2D eigenvalue weighted by Gasteiger charge is -2.25. The third-order valence-electron chi connectivity index (χ3n) is 4.12. The van der Waals surface area contributed by atoms with Gasteiger partial charge in [-0.3, -0.25) is 9.80 Å². The van der Waals surface area contributed by atoms with E-state index in [1.54, 1.807) is 0 Å². The van der Waals surface area contributed by atoms with Crippen molar-refractivity contribution >= 4 is 11.6 Å². The maximum Gasteiger partial charge on any atom is 0.144 e. The number of halogens is 1. The minimum absolute atomic E-state index is 0.555. The summed E-state index contributed by atoms with van der Waals surface area (Å²) in [6, 6.07) is 2.55. The second-order valence-electron chi connectivity index (χ2n) is 5.67. The highest BCUT2D eigenvalue weighted by Gasteiger charge is 2.28. The van der Waals surface area contributed by atoms with Gasteiger partial charge in [-0.25, -0.2) is 9.97 Å². The fraction of sp³-hybridized carbons (Fsp3) is 0.714. The van der Waals surface area contributed by atoms with E-state index in [0.29, 0.717) is 5.15 Å². The lowest BCUT2D eigenvalue weighted by molar-refractivity contribution is 0.212. The van der Waals surface area contributed by atoms with Gasteiger partial charge in [0.05, 0.1) is 6.54 Å². The van der Waals surface area contributed by atoms with Crippen LogP contribution in [0.25, 0.3) is 0 Å². The van der Waals surface area contributed by atoms with Crippen LogP contribution in [0.5, 0.6) is 0 Å². The third-order valence-corrected chi connectivity index (χ3v) is 4.32. The number of rotatable bonds is 2. The van der Waals surface area contributed by atoms with Crippen molar-refractivity contribution in [2.24, 2.45) is 0 Å². The SMILES string of the molecule is Cc1cc(Cl)nc(CN2CCCN3CCCC3C2)n1. The first-order valence-electron chi connectivity index (χ1n) is 7.17. The van der Waals surface area contributed by atoms with Crippen molar-refractivity contribution in [2.45, 2.75) is 38.8 Å². The molecule has 0 amide bonds. The van der Waals surface area contributed by atoms with Crippen molar-refractivity contribution in [3.05, 3.63) is 22.7 Å². The van der Waals surface area contributed by atoms with Gasteiger partial charge in [0.25, 0.3) is 0 Å². The summed E-state index contributed by atoms with van der Waals surface area (Å²) in [5.74, 6) is 0.858. The van der Waals surface area contributed by atoms with E-state index >= 15 is 0 Å². The molecular weight excluding hydrogens is 260 g/mol. The first-order chi connectivity index (χ1) is 9.20. The Hall–Kier alpha value is -0.710. The molecule has 4 nitrogen and oxygen atoms in total. The van der Waals surface area contributed by atoms with E-state index in [2.05, 4.69) is 19.8 Å². The van der Waals surface area contributed by atoms with E-state index in [1.165, 1.54) is 32.4 Å². The molecule has 19 heavy (non-hydrogen) atoms. The molecule has 2 aliphatic rings. The van der Waals surface area contributed by atoms with Gasteiger partial charge in [0.15, 0.2) is 0 Å². The second-order valence-corrected chi connectivity index (χ2v) is 6.06. The van der Waals surface area contributed by atoms with Crippen molar-refractivity contribution in [3.8, 4) is 0 Å². The standard InChI is InChI=1S/C14H21ClN4/c1-11-8-13(15)17-14(16-11)10-18-5-3-7-19-6-2-4-12(19)9-18/h8,12H,2-7,9-10H2,1H3. The molecule has 2 fully saturated rings. The van der Waals surface area contributed by atoms with Gasteiger partial charge in [0, 0.05) is 18.3 Å². The predicted molar refractivity (Wildman–Crippen MR) is 76.3 cm³/mol. The predicted octanol–water partition coefficient (Wildman–Crippen LogP) is 2.11. The van der Waals surface area contributed by atoms with Gasteiger partial charge in [0.1, 0.15) is 11.0 Å². The maximum absolute atomic E-state index is 6.01. The number of aryl methyl sites for hydroxylation is 1. The first kappa shape index (κ1) is 13.3. The van der Waals surface area contributed by atoms with Crippen LogP contribution in [0, 0.1) is 6.92 Å². The molecule has 0 aromatic carbocycles. The van der Waals surface area contributed by atoms with Crippen molar-refractivity contribution in [2.75, 3.05) is 26.2 Å². The molecule has 1 atom stereocenters. The van der Waals surface area contributed by atoms with E-state index in [4.69, 9.17) is 11.6 Å². The molecule has 3 heterocycles. The fourth-order valence-electron chi connectivity index (χ4n) is 3.29. The minimum atomic E-state index is 0.555. The lowest BCUT2D eigenvalue weighted by Crippen LogP contribution is -2.36. The molecule has 0 radical (unpaired) electrons. The van der Waals surface area contributed by atoms with Crippen molar-refractivity contribution in [1.29, 1.82) is 0 Å². The molecule has 0 bridgehead atoms. The van der Waals surface area contributed by atoms with Crippen LogP contribution in [-0.2, 0) is 6.54 Å². The summed E-state index contributed by atoms with van der Waals surface area (Å²) in [5, 5.41) is 0.555. The zero-order valence-electron chi connectivity index (χ0n) is 11.5. The van der Waals surface area contributed by atoms with Gasteiger partial charge in [0.2, 0.25) is 0 Å². The zero-order valence-corrected chi connectivity index (χ0v) is 12.2. The quantitative estimate of drug-likeness (QED) is 0.777. The molecule has 2 saturated heterocycles. The van der Waals surface area contributed by atoms with Crippen molar-refractivity contribution in [1.82, 2.24) is 19.8 Å². The number of aromatic nitrogens is 2. The highest BCUT2D eigenvalue weighted by Crippen LogP contribution is 2.22. The van der Waals surface area contributed by atoms with Crippen LogP contribution in [0.4, 0.5) is 0 Å². The largest absolute Gasteiger partial charge is 0.299 e. The smallest absolute Gasteiger partial charge is 0.144 e. The normalized spacial score (nSPS) is 25.3. The number of hydrogen-bond donors (Lipinski definition) is 0. The molecule has 104 valence electrons. The Balaban J connectivity index is 1.68. The lowest BCUT2D eigenvalue weighted by atomic mass is 10.2. The second kappa shape index (κ2) is 5.73. The van der Waals surface area contributed by atoms with Crippen LogP contribution in [-0.4, -0.2) is 52.0 Å². The molecule has 0 N–H and O–H groups in total. The zero-order chi connectivity index (χ0) is 13.2. The number of fused-ring (bicyclic) bond motifs is 1. The Morgan fingerprint density at radius 1 is 1.26 bits per heavy atom. The number of hydrogen-bond acceptors (Lipinski definition) is 4. The van der Waals surface area contributed by atoms with Crippen LogP contribution >= 0.6 is 11.6 Å². The van der Waals surface area contributed by atoms with Crippen molar-refractivity contribution < 1.29 is 0 Å². The van der Waals surface area contributed by atoms with Crippen LogP contribution in [0.15, 0.2) is 6.07 Å². The summed E-state index contributed by atoms with van der Waals surface area (Å²) in [6.07, 6.45) is 3.94. The molecule has 2 aliphatic heterocycles. The van der Waals surface area contributed by atoms with Crippen molar-refractivity contribution in [3.63, 3.8) is 0 Å². The Morgan fingerprint density at radius 2 is 2.11 bits per heavy atom. The van der Waals surface area contributed by atoms with Crippen LogP contribution in [0.1, 0.15) is 30.8 Å². The van der Waals surface area contributed by atoms with E-state index in [9.17, 15) is 0 Å². The van der Waals surface area contributed by atoms with Gasteiger partial charge in [-0.15, -0.1) is 0 Å². The summed E-state index contributed by atoms with van der Waals surface area (Å²) >= 11 is 6.01. The molecule has 1 aromatic rings. The van der Waals surface area contributed by atoms with E-state index in [1.807, 2.05) is 13.0 Å². The monoisotopic (exact) mass is 280 g/mol. The Bertz CT molecular complexity index is 431. The average Bonchev–Trinajstić information content (AvgIpc) is 2.67. The van der Waals surface area contributed by atoms with E-state index in [0.717, 1.165) is 37.2 Å². The average molecular weight is 281 g/mol. The van der Waals surface area contributed by atoms with Crippen LogP contribution < -0.4 is 0 Å². The van der Waals surface area contributed by atoms with Gasteiger partial charge < -0.3 is 0 Å². The topological polar surface area (TPSA) is 32.3 Å². The number of nitrogens with zero attached hydrogens (tertiary/aromatic N) is 4. The highest BCUT2D eigenvalue weighted by atomic mass is 35.5.